The average Bonchev–Trinajstić information content (AvgIpc) is 2.48. The van der Waals surface area contributed by atoms with Crippen molar-refractivity contribution in [2.24, 2.45) is 0 Å². The van der Waals surface area contributed by atoms with E-state index in [4.69, 9.17) is 4.74 Å². The van der Waals surface area contributed by atoms with E-state index in [2.05, 4.69) is 24.3 Å². The molecule has 2 aromatic carbocycles. The number of rotatable bonds is 6. The highest BCUT2D eigenvalue weighted by Gasteiger charge is 2.09. The van der Waals surface area contributed by atoms with Crippen molar-refractivity contribution in [1.29, 1.82) is 0 Å². The Labute approximate surface area is 121 Å². The van der Waals surface area contributed by atoms with E-state index in [0.29, 0.717) is 0 Å². The van der Waals surface area contributed by atoms with Crippen LogP contribution in [0, 0.1) is 6.92 Å². The number of aryl methyl sites for hydroxylation is 2. The molecule has 0 fully saturated rings. The summed E-state index contributed by atoms with van der Waals surface area (Å²) in [6, 6.07) is 16.3. The second-order valence-electron chi connectivity index (χ2n) is 5.12. The monoisotopic (exact) mass is 270 g/mol. The summed E-state index contributed by atoms with van der Waals surface area (Å²) < 4.78 is 5.30. The lowest BCUT2D eigenvalue weighted by molar-refractivity contribution is 0.164. The summed E-state index contributed by atoms with van der Waals surface area (Å²) in [4.78, 5) is 0. The topological polar surface area (TPSA) is 29.5 Å². The summed E-state index contributed by atoms with van der Waals surface area (Å²) in [5.74, 6) is 0.838. The van der Waals surface area contributed by atoms with E-state index in [9.17, 15) is 5.11 Å². The summed E-state index contributed by atoms with van der Waals surface area (Å²) in [6.45, 7) is 2.00. The van der Waals surface area contributed by atoms with Crippen molar-refractivity contribution < 1.29 is 9.84 Å². The summed E-state index contributed by atoms with van der Waals surface area (Å²) in [5, 5.41) is 10.3. The van der Waals surface area contributed by atoms with Crippen LogP contribution in [-0.2, 0) is 6.42 Å². The fourth-order valence-electron chi connectivity index (χ4n) is 2.35. The van der Waals surface area contributed by atoms with Crippen LogP contribution in [-0.4, -0.2) is 12.2 Å². The van der Waals surface area contributed by atoms with E-state index >= 15 is 0 Å². The van der Waals surface area contributed by atoms with Gasteiger partial charge in [-0.25, -0.2) is 0 Å². The van der Waals surface area contributed by atoms with Gasteiger partial charge in [-0.05, 0) is 48.9 Å². The van der Waals surface area contributed by atoms with Crippen LogP contribution < -0.4 is 4.74 Å². The highest BCUT2D eigenvalue weighted by molar-refractivity contribution is 5.37. The van der Waals surface area contributed by atoms with Crippen LogP contribution in [0.1, 0.15) is 35.6 Å². The molecule has 0 saturated heterocycles. The largest absolute Gasteiger partial charge is 0.496 e. The number of hydrogen-bond donors (Lipinski definition) is 1. The first-order chi connectivity index (χ1) is 9.70. The first-order valence-electron chi connectivity index (χ1n) is 7.07. The maximum atomic E-state index is 10.3. The van der Waals surface area contributed by atoms with Crippen molar-refractivity contribution in [3.8, 4) is 5.75 Å². The summed E-state index contributed by atoms with van der Waals surface area (Å²) in [5.41, 5.74) is 3.34. The zero-order valence-corrected chi connectivity index (χ0v) is 12.2. The average molecular weight is 270 g/mol. The van der Waals surface area contributed by atoms with Crippen LogP contribution in [0.15, 0.2) is 48.5 Å². The second kappa shape index (κ2) is 7.11. The van der Waals surface area contributed by atoms with E-state index in [1.165, 1.54) is 5.56 Å². The summed E-state index contributed by atoms with van der Waals surface area (Å²) >= 11 is 0. The normalized spacial score (nSPS) is 12.2. The Morgan fingerprint density at radius 1 is 1.10 bits per heavy atom. The molecule has 2 aromatic rings. The molecule has 2 heteroatoms. The molecular weight excluding hydrogens is 248 g/mol. The van der Waals surface area contributed by atoms with Gasteiger partial charge < -0.3 is 9.84 Å². The maximum Gasteiger partial charge on any atom is 0.122 e. The van der Waals surface area contributed by atoms with E-state index < -0.39 is 6.10 Å². The molecular formula is C18H22O2. The number of benzene rings is 2. The molecule has 2 rings (SSSR count). The van der Waals surface area contributed by atoms with Crippen LogP contribution in [0.3, 0.4) is 0 Å². The van der Waals surface area contributed by atoms with Gasteiger partial charge in [0.15, 0.2) is 0 Å². The van der Waals surface area contributed by atoms with Gasteiger partial charge in [-0.3, -0.25) is 0 Å². The third kappa shape index (κ3) is 3.84. The second-order valence-corrected chi connectivity index (χ2v) is 5.12. The SMILES string of the molecule is COc1cc(C(O)CCCc2ccccc2)ccc1C. The van der Waals surface area contributed by atoms with Crippen LogP contribution in [0.2, 0.25) is 0 Å². The van der Waals surface area contributed by atoms with Crippen molar-refractivity contribution in [3.63, 3.8) is 0 Å². The molecule has 1 unspecified atom stereocenters. The standard InChI is InChI=1S/C18H22O2/c1-14-11-12-16(13-18(14)20-2)17(19)10-6-9-15-7-4-3-5-8-15/h3-5,7-8,11-13,17,19H,6,9-10H2,1-2H3. The number of ether oxygens (including phenoxy) is 1. The van der Waals surface area contributed by atoms with Crippen molar-refractivity contribution in [2.75, 3.05) is 7.11 Å². The lowest BCUT2D eigenvalue weighted by atomic mass is 10.00. The van der Waals surface area contributed by atoms with Crippen molar-refractivity contribution in [3.05, 3.63) is 65.2 Å². The van der Waals surface area contributed by atoms with Crippen molar-refractivity contribution in [1.82, 2.24) is 0 Å². The van der Waals surface area contributed by atoms with Crippen LogP contribution in [0.4, 0.5) is 0 Å². The number of aliphatic hydroxyl groups is 1. The van der Waals surface area contributed by atoms with Crippen LogP contribution >= 0.6 is 0 Å². The summed E-state index contributed by atoms with van der Waals surface area (Å²) in [7, 11) is 1.66. The summed E-state index contributed by atoms with van der Waals surface area (Å²) in [6.07, 6.45) is 2.32. The van der Waals surface area contributed by atoms with E-state index in [-0.39, 0.29) is 0 Å². The fraction of sp³-hybridized carbons (Fsp3) is 0.333. The number of hydrogen-bond acceptors (Lipinski definition) is 2. The third-order valence-corrected chi connectivity index (χ3v) is 3.60. The molecule has 0 aliphatic heterocycles. The molecule has 0 saturated carbocycles. The number of aliphatic hydroxyl groups excluding tert-OH is 1. The van der Waals surface area contributed by atoms with Crippen molar-refractivity contribution in [2.45, 2.75) is 32.3 Å². The lowest BCUT2D eigenvalue weighted by Gasteiger charge is -2.13. The van der Waals surface area contributed by atoms with Crippen LogP contribution in [0.25, 0.3) is 0 Å². The Morgan fingerprint density at radius 3 is 2.55 bits per heavy atom. The quantitative estimate of drug-likeness (QED) is 0.857. The third-order valence-electron chi connectivity index (χ3n) is 3.60. The fourth-order valence-corrected chi connectivity index (χ4v) is 2.35. The van der Waals surface area contributed by atoms with Crippen LogP contribution in [0.5, 0.6) is 5.75 Å². The minimum Gasteiger partial charge on any atom is -0.496 e. The van der Waals surface area contributed by atoms with E-state index in [0.717, 1.165) is 36.1 Å². The smallest absolute Gasteiger partial charge is 0.122 e. The molecule has 106 valence electrons. The van der Waals surface area contributed by atoms with Gasteiger partial charge in [-0.15, -0.1) is 0 Å². The maximum absolute atomic E-state index is 10.3. The minimum atomic E-state index is -0.423. The van der Waals surface area contributed by atoms with Gasteiger partial charge in [0.05, 0.1) is 13.2 Å². The highest BCUT2D eigenvalue weighted by Crippen LogP contribution is 2.26. The van der Waals surface area contributed by atoms with Gasteiger partial charge in [0.25, 0.3) is 0 Å². The molecule has 0 spiro atoms. The van der Waals surface area contributed by atoms with Gasteiger partial charge in [0, 0.05) is 0 Å². The zero-order valence-electron chi connectivity index (χ0n) is 12.2. The first-order valence-corrected chi connectivity index (χ1v) is 7.07. The molecule has 0 heterocycles. The van der Waals surface area contributed by atoms with E-state index in [1.54, 1.807) is 7.11 Å². The number of methoxy groups -OCH3 is 1. The molecule has 0 radical (unpaired) electrons. The molecule has 0 aliphatic rings. The van der Waals surface area contributed by atoms with Gasteiger partial charge in [0.2, 0.25) is 0 Å². The Hall–Kier alpha value is -1.80. The molecule has 0 amide bonds. The highest BCUT2D eigenvalue weighted by atomic mass is 16.5. The minimum absolute atomic E-state index is 0.423. The predicted octanol–water partition coefficient (Wildman–Crippen LogP) is 4.06. The Kier molecular flexibility index (Phi) is 5.19. The molecule has 0 aliphatic carbocycles. The lowest BCUT2D eigenvalue weighted by Crippen LogP contribution is -2.00. The van der Waals surface area contributed by atoms with Gasteiger partial charge in [0.1, 0.15) is 5.75 Å². The molecule has 1 atom stereocenters. The van der Waals surface area contributed by atoms with E-state index in [1.807, 2.05) is 31.2 Å². The zero-order chi connectivity index (χ0) is 14.4. The molecule has 2 nitrogen and oxygen atoms in total. The molecule has 0 aromatic heterocycles. The first kappa shape index (κ1) is 14.6. The Morgan fingerprint density at radius 2 is 1.85 bits per heavy atom. The Bertz CT molecular complexity index is 534. The Balaban J connectivity index is 1.90. The van der Waals surface area contributed by atoms with Gasteiger partial charge >= 0.3 is 0 Å². The van der Waals surface area contributed by atoms with Gasteiger partial charge in [-0.1, -0.05) is 42.5 Å². The predicted molar refractivity (Wildman–Crippen MR) is 82.1 cm³/mol. The molecule has 1 N–H and O–H groups in total. The molecule has 0 bridgehead atoms. The molecule has 20 heavy (non-hydrogen) atoms. The van der Waals surface area contributed by atoms with Gasteiger partial charge in [-0.2, -0.15) is 0 Å². The van der Waals surface area contributed by atoms with Crippen molar-refractivity contribution >= 4 is 0 Å².